The topological polar surface area (TPSA) is 26.0 Å². The molecule has 0 spiro atoms. The molecule has 0 aliphatic carbocycles. The van der Waals surface area contributed by atoms with Crippen LogP contribution in [0.15, 0.2) is 60.7 Å². The molecule has 3 heteroatoms. The third-order valence-corrected chi connectivity index (χ3v) is 4.00. The maximum Gasteiger partial charge on any atom is 0.142 e. The molecule has 0 fully saturated rings. The van der Waals surface area contributed by atoms with Crippen molar-refractivity contribution in [2.75, 3.05) is 0 Å². The summed E-state index contributed by atoms with van der Waals surface area (Å²) in [5.41, 5.74) is 8.14. The molecule has 21 heavy (non-hydrogen) atoms. The van der Waals surface area contributed by atoms with Crippen molar-refractivity contribution >= 4 is 22.4 Å². The molecule has 0 saturated carbocycles. The van der Waals surface area contributed by atoms with E-state index in [1.165, 1.54) is 16.8 Å². The van der Waals surface area contributed by atoms with Crippen molar-refractivity contribution in [3.8, 4) is 0 Å². The van der Waals surface area contributed by atoms with Gasteiger partial charge in [-0.25, -0.2) is 4.39 Å². The van der Waals surface area contributed by atoms with E-state index in [0.717, 1.165) is 11.1 Å². The predicted octanol–water partition coefficient (Wildman–Crippen LogP) is 4.87. The fraction of sp³-hybridized carbons (Fsp3) is 0.111. The molecule has 0 radical (unpaired) electrons. The lowest BCUT2D eigenvalue weighted by Gasteiger charge is -2.14. The summed E-state index contributed by atoms with van der Waals surface area (Å²) in [5, 5.41) is 2.49. The van der Waals surface area contributed by atoms with Crippen LogP contribution in [0.3, 0.4) is 0 Å². The average Bonchev–Trinajstić information content (AvgIpc) is 2.50. The second kappa shape index (κ2) is 5.84. The Balaban J connectivity index is 1.92. The minimum atomic E-state index is -0.428. The smallest absolute Gasteiger partial charge is 0.142 e. The Bertz CT molecular complexity index is 780. The summed E-state index contributed by atoms with van der Waals surface area (Å²) in [6, 6.07) is 18.8. The maximum atomic E-state index is 13.5. The second-order valence-electron chi connectivity index (χ2n) is 5.12. The van der Waals surface area contributed by atoms with Crippen molar-refractivity contribution < 1.29 is 4.39 Å². The van der Waals surface area contributed by atoms with E-state index in [0.29, 0.717) is 6.42 Å². The summed E-state index contributed by atoms with van der Waals surface area (Å²) in [6.45, 7) is 0. The van der Waals surface area contributed by atoms with Crippen LogP contribution >= 0.6 is 11.6 Å². The largest absolute Gasteiger partial charge is 0.324 e. The van der Waals surface area contributed by atoms with Crippen LogP contribution in [0.1, 0.15) is 17.2 Å². The number of benzene rings is 3. The quantitative estimate of drug-likeness (QED) is 0.733. The van der Waals surface area contributed by atoms with E-state index in [2.05, 4.69) is 24.3 Å². The highest BCUT2D eigenvalue weighted by molar-refractivity contribution is 6.30. The fourth-order valence-corrected chi connectivity index (χ4v) is 2.69. The van der Waals surface area contributed by atoms with Crippen molar-refractivity contribution in [2.24, 2.45) is 5.73 Å². The standard InChI is InChI=1S/C18H15ClFN/c19-16-9-8-14(10-17(16)20)18(21)11-13-6-3-5-12-4-1-2-7-15(12)13/h1-10,18H,11,21H2. The van der Waals surface area contributed by atoms with Gasteiger partial charge in [0.2, 0.25) is 0 Å². The van der Waals surface area contributed by atoms with Gasteiger partial charge < -0.3 is 5.73 Å². The summed E-state index contributed by atoms with van der Waals surface area (Å²) in [4.78, 5) is 0. The van der Waals surface area contributed by atoms with E-state index in [-0.39, 0.29) is 11.1 Å². The van der Waals surface area contributed by atoms with Crippen LogP contribution in [0.25, 0.3) is 10.8 Å². The van der Waals surface area contributed by atoms with Gasteiger partial charge in [0.15, 0.2) is 0 Å². The van der Waals surface area contributed by atoms with Gasteiger partial charge in [0.05, 0.1) is 5.02 Å². The van der Waals surface area contributed by atoms with Crippen molar-refractivity contribution in [1.82, 2.24) is 0 Å². The Labute approximate surface area is 128 Å². The molecule has 0 amide bonds. The Kier molecular flexibility index (Phi) is 3.91. The van der Waals surface area contributed by atoms with Gasteiger partial charge in [-0.05, 0) is 40.5 Å². The molecule has 2 N–H and O–H groups in total. The van der Waals surface area contributed by atoms with Crippen molar-refractivity contribution in [1.29, 1.82) is 0 Å². The van der Waals surface area contributed by atoms with E-state index in [1.807, 2.05) is 18.2 Å². The Morgan fingerprint density at radius 3 is 2.57 bits per heavy atom. The number of halogens is 2. The number of hydrogen-bond donors (Lipinski definition) is 1. The van der Waals surface area contributed by atoms with Crippen LogP contribution in [0.5, 0.6) is 0 Å². The number of rotatable bonds is 3. The fourth-order valence-electron chi connectivity index (χ4n) is 2.57. The summed E-state index contributed by atoms with van der Waals surface area (Å²) >= 11 is 5.71. The van der Waals surface area contributed by atoms with Crippen LogP contribution in [-0.2, 0) is 6.42 Å². The third kappa shape index (κ3) is 2.92. The zero-order valence-electron chi connectivity index (χ0n) is 11.4. The third-order valence-electron chi connectivity index (χ3n) is 3.69. The Morgan fingerprint density at radius 2 is 1.76 bits per heavy atom. The van der Waals surface area contributed by atoms with Gasteiger partial charge in [-0.15, -0.1) is 0 Å². The number of hydrogen-bond acceptors (Lipinski definition) is 1. The first-order chi connectivity index (χ1) is 10.1. The molecule has 3 rings (SSSR count). The van der Waals surface area contributed by atoms with Gasteiger partial charge in [-0.3, -0.25) is 0 Å². The van der Waals surface area contributed by atoms with Crippen molar-refractivity contribution in [3.63, 3.8) is 0 Å². The number of nitrogens with two attached hydrogens (primary N) is 1. The lowest BCUT2D eigenvalue weighted by molar-refractivity contribution is 0.619. The van der Waals surface area contributed by atoms with Crippen molar-refractivity contribution in [3.05, 3.63) is 82.6 Å². The van der Waals surface area contributed by atoms with Gasteiger partial charge in [0, 0.05) is 6.04 Å². The van der Waals surface area contributed by atoms with E-state index in [1.54, 1.807) is 12.1 Å². The molecule has 0 aliphatic rings. The highest BCUT2D eigenvalue weighted by atomic mass is 35.5. The van der Waals surface area contributed by atoms with Gasteiger partial charge in [-0.2, -0.15) is 0 Å². The lowest BCUT2D eigenvalue weighted by atomic mass is 9.95. The van der Waals surface area contributed by atoms with Gasteiger partial charge in [-0.1, -0.05) is 60.1 Å². The summed E-state index contributed by atoms with van der Waals surface area (Å²) in [5.74, 6) is -0.428. The highest BCUT2D eigenvalue weighted by Crippen LogP contribution is 2.25. The molecule has 0 saturated heterocycles. The monoisotopic (exact) mass is 299 g/mol. The molecular formula is C18H15ClFN. The zero-order chi connectivity index (χ0) is 14.8. The van der Waals surface area contributed by atoms with Crippen LogP contribution < -0.4 is 5.73 Å². The zero-order valence-corrected chi connectivity index (χ0v) is 12.1. The van der Waals surface area contributed by atoms with E-state index in [4.69, 9.17) is 17.3 Å². The Morgan fingerprint density at radius 1 is 1.00 bits per heavy atom. The molecule has 3 aromatic carbocycles. The summed E-state index contributed by atoms with van der Waals surface area (Å²) in [6.07, 6.45) is 0.655. The van der Waals surface area contributed by atoms with Crippen LogP contribution in [0.4, 0.5) is 4.39 Å². The first-order valence-corrected chi connectivity index (χ1v) is 7.20. The highest BCUT2D eigenvalue weighted by Gasteiger charge is 2.11. The molecule has 0 heterocycles. The van der Waals surface area contributed by atoms with E-state index < -0.39 is 5.82 Å². The number of fused-ring (bicyclic) bond motifs is 1. The van der Waals surface area contributed by atoms with Gasteiger partial charge in [0.25, 0.3) is 0 Å². The van der Waals surface area contributed by atoms with Gasteiger partial charge >= 0.3 is 0 Å². The second-order valence-corrected chi connectivity index (χ2v) is 5.53. The maximum absolute atomic E-state index is 13.5. The first kappa shape index (κ1) is 14.1. The molecular weight excluding hydrogens is 285 g/mol. The summed E-state index contributed by atoms with van der Waals surface area (Å²) < 4.78 is 13.5. The summed E-state index contributed by atoms with van der Waals surface area (Å²) in [7, 11) is 0. The first-order valence-electron chi connectivity index (χ1n) is 6.82. The van der Waals surface area contributed by atoms with Gasteiger partial charge in [0.1, 0.15) is 5.82 Å². The Hall–Kier alpha value is -1.90. The molecule has 106 valence electrons. The molecule has 1 atom stereocenters. The molecule has 0 bridgehead atoms. The predicted molar refractivity (Wildman–Crippen MR) is 86.0 cm³/mol. The SMILES string of the molecule is NC(Cc1cccc2ccccc12)c1ccc(Cl)c(F)c1. The minimum absolute atomic E-state index is 0.121. The van der Waals surface area contributed by atoms with Crippen LogP contribution in [0.2, 0.25) is 5.02 Å². The molecule has 1 nitrogen and oxygen atoms in total. The average molecular weight is 300 g/mol. The lowest BCUT2D eigenvalue weighted by Crippen LogP contribution is -2.13. The molecule has 3 aromatic rings. The van der Waals surface area contributed by atoms with E-state index >= 15 is 0 Å². The minimum Gasteiger partial charge on any atom is -0.324 e. The van der Waals surface area contributed by atoms with Crippen LogP contribution in [-0.4, -0.2) is 0 Å². The molecule has 0 aromatic heterocycles. The normalized spacial score (nSPS) is 12.5. The van der Waals surface area contributed by atoms with Crippen molar-refractivity contribution in [2.45, 2.75) is 12.5 Å². The van der Waals surface area contributed by atoms with Crippen LogP contribution in [0, 0.1) is 5.82 Å². The molecule has 0 aliphatic heterocycles. The van der Waals surface area contributed by atoms with E-state index in [9.17, 15) is 4.39 Å². The molecule has 1 unspecified atom stereocenters.